The minimum Gasteiger partial charge on any atom is -0.309 e. The van der Waals surface area contributed by atoms with Crippen LogP contribution >= 0.6 is 11.5 Å². The van der Waals surface area contributed by atoms with Crippen LogP contribution in [0.5, 0.6) is 0 Å². The maximum Gasteiger partial charge on any atom is 0.301 e. The number of aromatic nitrogens is 4. The standard InChI is InChI=1S/C16H17N5OS/c22-16-14-15(23-19-18-14)17-11-21(16)20-8-6-13(7-9-20)10-12-4-2-1-3-5-12/h1-5,11,13H,6-10H2. The van der Waals surface area contributed by atoms with Gasteiger partial charge in [0.1, 0.15) is 6.33 Å². The fourth-order valence-electron chi connectivity index (χ4n) is 3.16. The van der Waals surface area contributed by atoms with Crippen LogP contribution in [0.4, 0.5) is 0 Å². The number of piperidine rings is 1. The Morgan fingerprint density at radius 1 is 1.17 bits per heavy atom. The third-order valence-corrected chi connectivity index (χ3v) is 5.06. The highest BCUT2D eigenvalue weighted by molar-refractivity contribution is 7.12. The van der Waals surface area contributed by atoms with E-state index in [0.29, 0.717) is 16.3 Å². The molecule has 1 aliphatic rings. The van der Waals surface area contributed by atoms with E-state index >= 15 is 0 Å². The second kappa shape index (κ2) is 6.08. The Bertz CT molecular complexity index is 852. The van der Waals surface area contributed by atoms with Crippen LogP contribution in [0.25, 0.3) is 10.3 Å². The number of rotatable bonds is 3. The van der Waals surface area contributed by atoms with Gasteiger partial charge in [-0.15, -0.1) is 5.10 Å². The molecule has 118 valence electrons. The molecule has 0 amide bonds. The monoisotopic (exact) mass is 327 g/mol. The number of benzene rings is 1. The lowest BCUT2D eigenvalue weighted by Crippen LogP contribution is -2.47. The summed E-state index contributed by atoms with van der Waals surface area (Å²) < 4.78 is 5.40. The molecule has 7 heteroatoms. The van der Waals surface area contributed by atoms with Crippen molar-refractivity contribution >= 4 is 21.9 Å². The van der Waals surface area contributed by atoms with Gasteiger partial charge in [-0.2, -0.15) is 0 Å². The predicted molar refractivity (Wildman–Crippen MR) is 90.3 cm³/mol. The summed E-state index contributed by atoms with van der Waals surface area (Å²) in [5, 5.41) is 5.96. The normalized spacial score (nSPS) is 16.1. The second-order valence-corrected chi connectivity index (χ2v) is 6.64. The Kier molecular flexibility index (Phi) is 3.78. The highest BCUT2D eigenvalue weighted by atomic mass is 32.1. The molecule has 0 unspecified atom stereocenters. The zero-order chi connectivity index (χ0) is 15.6. The van der Waals surface area contributed by atoms with Crippen LogP contribution in [0.2, 0.25) is 0 Å². The third kappa shape index (κ3) is 2.84. The first-order valence-electron chi connectivity index (χ1n) is 7.80. The predicted octanol–water partition coefficient (Wildman–Crippen LogP) is 1.84. The van der Waals surface area contributed by atoms with Gasteiger partial charge < -0.3 is 5.01 Å². The van der Waals surface area contributed by atoms with Gasteiger partial charge in [-0.05, 0) is 30.7 Å². The summed E-state index contributed by atoms with van der Waals surface area (Å²) >= 11 is 1.15. The molecule has 1 fully saturated rings. The highest BCUT2D eigenvalue weighted by Gasteiger charge is 2.21. The molecule has 6 nitrogen and oxygen atoms in total. The summed E-state index contributed by atoms with van der Waals surface area (Å²) in [6.07, 6.45) is 4.86. The number of fused-ring (bicyclic) bond motifs is 1. The first-order valence-corrected chi connectivity index (χ1v) is 8.57. The van der Waals surface area contributed by atoms with Crippen molar-refractivity contribution in [2.45, 2.75) is 19.3 Å². The van der Waals surface area contributed by atoms with E-state index in [1.165, 1.54) is 5.56 Å². The summed E-state index contributed by atoms with van der Waals surface area (Å²) in [5.74, 6) is 0.669. The number of hydrogen-bond donors (Lipinski definition) is 0. The Balaban J connectivity index is 1.46. The van der Waals surface area contributed by atoms with Crippen molar-refractivity contribution in [2.24, 2.45) is 5.92 Å². The van der Waals surface area contributed by atoms with Crippen LogP contribution in [-0.2, 0) is 6.42 Å². The van der Waals surface area contributed by atoms with Crippen LogP contribution in [-0.4, -0.2) is 32.3 Å². The molecule has 4 rings (SSSR count). The van der Waals surface area contributed by atoms with Crippen molar-refractivity contribution in [3.05, 3.63) is 52.6 Å². The number of nitrogens with zero attached hydrogens (tertiary/aromatic N) is 5. The summed E-state index contributed by atoms with van der Waals surface area (Å²) in [6.45, 7) is 1.73. The molecule has 1 aliphatic heterocycles. The maximum atomic E-state index is 12.4. The first-order chi connectivity index (χ1) is 11.3. The molecule has 3 aromatic rings. The summed E-state index contributed by atoms with van der Waals surface area (Å²) in [6, 6.07) is 10.6. The fourth-order valence-corrected chi connectivity index (χ4v) is 3.67. The van der Waals surface area contributed by atoms with E-state index in [0.717, 1.165) is 43.9 Å². The Morgan fingerprint density at radius 2 is 1.96 bits per heavy atom. The van der Waals surface area contributed by atoms with E-state index in [9.17, 15) is 4.79 Å². The molecule has 1 saturated heterocycles. The van der Waals surface area contributed by atoms with Gasteiger partial charge in [-0.1, -0.05) is 34.8 Å². The smallest absolute Gasteiger partial charge is 0.301 e. The van der Waals surface area contributed by atoms with Gasteiger partial charge >= 0.3 is 5.56 Å². The molecule has 1 aromatic carbocycles. The van der Waals surface area contributed by atoms with Crippen LogP contribution in [0, 0.1) is 5.92 Å². The molecule has 2 aromatic heterocycles. The molecule has 0 atom stereocenters. The van der Waals surface area contributed by atoms with Crippen molar-refractivity contribution < 1.29 is 0 Å². The summed E-state index contributed by atoms with van der Waals surface area (Å²) in [4.78, 5) is 17.3. The zero-order valence-corrected chi connectivity index (χ0v) is 13.4. The lowest BCUT2D eigenvalue weighted by atomic mass is 9.91. The van der Waals surface area contributed by atoms with Crippen LogP contribution in [0.15, 0.2) is 41.5 Å². The van der Waals surface area contributed by atoms with E-state index in [1.54, 1.807) is 11.0 Å². The fraction of sp³-hybridized carbons (Fsp3) is 0.375. The molecule has 3 heterocycles. The minimum atomic E-state index is -0.120. The third-order valence-electron chi connectivity index (χ3n) is 4.43. The topological polar surface area (TPSA) is 63.9 Å². The van der Waals surface area contributed by atoms with Gasteiger partial charge in [0, 0.05) is 24.6 Å². The van der Waals surface area contributed by atoms with Crippen molar-refractivity contribution in [3.8, 4) is 0 Å². The maximum absolute atomic E-state index is 12.4. The SMILES string of the molecule is O=c1c2nnsc2ncn1N1CCC(Cc2ccccc2)CC1. The first kappa shape index (κ1) is 14.3. The van der Waals surface area contributed by atoms with Crippen molar-refractivity contribution in [2.75, 3.05) is 18.1 Å². The van der Waals surface area contributed by atoms with Gasteiger partial charge in [0.15, 0.2) is 10.3 Å². The van der Waals surface area contributed by atoms with Gasteiger partial charge in [0.2, 0.25) is 0 Å². The van der Waals surface area contributed by atoms with E-state index in [4.69, 9.17) is 0 Å². The Morgan fingerprint density at radius 3 is 2.74 bits per heavy atom. The van der Waals surface area contributed by atoms with E-state index < -0.39 is 0 Å². The van der Waals surface area contributed by atoms with Gasteiger partial charge in [-0.3, -0.25) is 4.79 Å². The lowest BCUT2D eigenvalue weighted by molar-refractivity contribution is 0.357. The summed E-state index contributed by atoms with van der Waals surface area (Å²) in [7, 11) is 0. The molecule has 0 spiro atoms. The second-order valence-electron chi connectivity index (χ2n) is 5.91. The van der Waals surface area contributed by atoms with Gasteiger partial charge in [0.25, 0.3) is 0 Å². The largest absolute Gasteiger partial charge is 0.309 e. The van der Waals surface area contributed by atoms with Crippen molar-refractivity contribution in [1.82, 2.24) is 19.2 Å². The van der Waals surface area contributed by atoms with E-state index in [1.807, 2.05) is 0 Å². The molecule has 0 N–H and O–H groups in total. The molecular weight excluding hydrogens is 310 g/mol. The molecule has 0 aliphatic carbocycles. The molecular formula is C16H17N5OS. The summed E-state index contributed by atoms with van der Waals surface area (Å²) in [5.41, 5.74) is 1.63. The van der Waals surface area contributed by atoms with Crippen molar-refractivity contribution in [3.63, 3.8) is 0 Å². The van der Waals surface area contributed by atoms with Crippen LogP contribution < -0.4 is 10.6 Å². The van der Waals surface area contributed by atoms with Crippen LogP contribution in [0.3, 0.4) is 0 Å². The molecule has 0 radical (unpaired) electrons. The lowest BCUT2D eigenvalue weighted by Gasteiger charge is -2.33. The minimum absolute atomic E-state index is 0.120. The van der Waals surface area contributed by atoms with Crippen molar-refractivity contribution in [1.29, 1.82) is 0 Å². The average molecular weight is 327 g/mol. The van der Waals surface area contributed by atoms with E-state index in [-0.39, 0.29) is 5.56 Å². The van der Waals surface area contributed by atoms with Gasteiger partial charge in [0.05, 0.1) is 0 Å². The number of hydrogen-bond acceptors (Lipinski definition) is 6. The molecule has 0 bridgehead atoms. The van der Waals surface area contributed by atoms with E-state index in [2.05, 4.69) is 49.9 Å². The highest BCUT2D eigenvalue weighted by Crippen LogP contribution is 2.21. The zero-order valence-electron chi connectivity index (χ0n) is 12.6. The molecule has 23 heavy (non-hydrogen) atoms. The molecule has 0 saturated carbocycles. The quantitative estimate of drug-likeness (QED) is 0.734. The van der Waals surface area contributed by atoms with Gasteiger partial charge in [-0.25, -0.2) is 9.66 Å². The average Bonchev–Trinajstić information content (AvgIpc) is 3.07. The Hall–Kier alpha value is -2.28. The Labute approximate surface area is 137 Å². The van der Waals surface area contributed by atoms with Crippen LogP contribution in [0.1, 0.15) is 18.4 Å².